The zero-order chi connectivity index (χ0) is 21.0. The monoisotopic (exact) mass is 403 g/mol. The summed E-state index contributed by atoms with van der Waals surface area (Å²) in [4.78, 5) is 23.5. The highest BCUT2D eigenvalue weighted by Crippen LogP contribution is 2.28. The Balaban J connectivity index is 3.32. The molecule has 1 amide bonds. The quantitative estimate of drug-likeness (QED) is 0.399. The number of amides is 1. The van der Waals surface area contributed by atoms with E-state index >= 15 is 0 Å². The van der Waals surface area contributed by atoms with Crippen LogP contribution in [0.15, 0.2) is 12.1 Å². The van der Waals surface area contributed by atoms with Crippen LogP contribution >= 0.6 is 0 Å². The predicted octanol–water partition coefficient (Wildman–Crippen LogP) is 0.958. The van der Waals surface area contributed by atoms with Gasteiger partial charge in [0.25, 0.3) is 10.1 Å². The molecule has 0 bridgehead atoms. The molecule has 0 aliphatic carbocycles. The summed E-state index contributed by atoms with van der Waals surface area (Å²) < 4.78 is 73.2. The number of carbonyl (C=O) groups excluding carboxylic acids is 2. The van der Waals surface area contributed by atoms with Gasteiger partial charge in [0, 0.05) is 12.6 Å². The molecular formula is C14H14B2F3NO6S. The van der Waals surface area contributed by atoms with Gasteiger partial charge < -0.3 is 10.1 Å². The summed E-state index contributed by atoms with van der Waals surface area (Å²) in [6.45, 7) is 1.17. The minimum atomic E-state index is -5.24. The molecule has 0 aromatic heterocycles. The van der Waals surface area contributed by atoms with Crippen molar-refractivity contribution in [1.29, 1.82) is 0 Å². The van der Waals surface area contributed by atoms with Crippen LogP contribution in [0.5, 0.6) is 0 Å². The number of rotatable bonds is 7. The van der Waals surface area contributed by atoms with Crippen LogP contribution < -0.4 is 5.32 Å². The van der Waals surface area contributed by atoms with Crippen molar-refractivity contribution in [2.45, 2.75) is 31.8 Å². The molecule has 1 atom stereocenters. The number of benzene rings is 1. The third-order valence-electron chi connectivity index (χ3n) is 3.28. The Hall–Kier alpha value is -2.01. The molecule has 1 rings (SSSR count). The highest BCUT2D eigenvalue weighted by atomic mass is 32.2. The van der Waals surface area contributed by atoms with Crippen LogP contribution in [0.4, 0.5) is 18.9 Å². The number of alkyl halides is 3. The Bertz CT molecular complexity index is 829. The van der Waals surface area contributed by atoms with Gasteiger partial charge in [0.2, 0.25) is 12.0 Å². The van der Waals surface area contributed by atoms with E-state index in [1.165, 1.54) is 13.0 Å². The first-order valence-electron chi connectivity index (χ1n) is 7.34. The van der Waals surface area contributed by atoms with E-state index in [9.17, 15) is 31.2 Å². The van der Waals surface area contributed by atoms with E-state index in [1.807, 2.05) is 0 Å². The lowest BCUT2D eigenvalue weighted by molar-refractivity contribution is -0.197. The van der Waals surface area contributed by atoms with E-state index < -0.39 is 45.6 Å². The first kappa shape index (κ1) is 23.0. The summed E-state index contributed by atoms with van der Waals surface area (Å²) in [5.41, 5.74) is 0.0883. The summed E-state index contributed by atoms with van der Waals surface area (Å²) in [7, 11) is 5.94. The van der Waals surface area contributed by atoms with Crippen molar-refractivity contribution >= 4 is 43.4 Å². The molecule has 13 heteroatoms. The zero-order valence-corrected chi connectivity index (χ0v) is 14.9. The molecule has 0 saturated heterocycles. The van der Waals surface area contributed by atoms with Crippen molar-refractivity contribution in [1.82, 2.24) is 0 Å². The lowest BCUT2D eigenvalue weighted by Crippen LogP contribution is -2.39. The Labute approximate surface area is 156 Å². The van der Waals surface area contributed by atoms with Gasteiger partial charge in [0.05, 0.1) is 21.3 Å². The number of anilines is 1. The summed E-state index contributed by atoms with van der Waals surface area (Å²) in [5, 5.41) is 2.37. The lowest BCUT2D eigenvalue weighted by Gasteiger charge is -2.21. The van der Waals surface area contributed by atoms with E-state index in [-0.39, 0.29) is 23.9 Å². The van der Waals surface area contributed by atoms with Gasteiger partial charge in [-0.15, -0.1) is 0 Å². The Morgan fingerprint density at radius 2 is 1.78 bits per heavy atom. The number of carbonyl (C=O) groups is 2. The Kier molecular flexibility index (Phi) is 7.49. The van der Waals surface area contributed by atoms with Crippen molar-refractivity contribution in [3.05, 3.63) is 28.8 Å². The first-order valence-corrected chi connectivity index (χ1v) is 8.95. The van der Waals surface area contributed by atoms with E-state index in [2.05, 4.69) is 10.1 Å². The molecule has 1 unspecified atom stereocenters. The van der Waals surface area contributed by atoms with E-state index in [0.29, 0.717) is 5.56 Å². The SMILES string of the molecule is [B]Cc1cc(C[B])c(C(=O)OC(CS(=O)(=O)O)C(F)(F)F)cc1NC(C)=O. The fourth-order valence-electron chi connectivity index (χ4n) is 2.11. The molecule has 0 heterocycles. The molecule has 7 nitrogen and oxygen atoms in total. The van der Waals surface area contributed by atoms with Crippen molar-refractivity contribution in [3.63, 3.8) is 0 Å². The maximum atomic E-state index is 12.9. The van der Waals surface area contributed by atoms with Crippen LogP contribution in [-0.2, 0) is 32.3 Å². The summed E-state index contributed by atoms with van der Waals surface area (Å²) in [6, 6.07) is 2.35. The van der Waals surface area contributed by atoms with Crippen molar-refractivity contribution < 1.29 is 40.5 Å². The fraction of sp³-hybridized carbons (Fsp3) is 0.429. The topological polar surface area (TPSA) is 110 Å². The highest BCUT2D eigenvalue weighted by molar-refractivity contribution is 7.85. The standard InChI is InChI=1S/C14H14B2F3NO6S/c1-7(21)20-11-3-10(8(4-15)2-9(11)5-16)13(22)26-12(14(17,18)19)6-27(23,24)25/h2-3,12H,4-6H2,1H3,(H,20,21)(H,23,24,25). The van der Waals surface area contributed by atoms with Crippen molar-refractivity contribution in [2.24, 2.45) is 0 Å². The second-order valence-corrected chi connectivity index (χ2v) is 6.94. The van der Waals surface area contributed by atoms with Gasteiger partial charge in [-0.05, 0) is 17.2 Å². The molecule has 0 aliphatic heterocycles. The maximum absolute atomic E-state index is 12.9. The molecule has 0 aliphatic rings. The first-order chi connectivity index (χ1) is 12.3. The largest absolute Gasteiger partial charge is 0.448 e. The minimum absolute atomic E-state index is 0.0625. The van der Waals surface area contributed by atoms with E-state index in [0.717, 1.165) is 6.07 Å². The Morgan fingerprint density at radius 3 is 2.19 bits per heavy atom. The summed E-state index contributed by atoms with van der Waals surface area (Å²) >= 11 is 0. The number of halogens is 3. The van der Waals surface area contributed by atoms with Gasteiger partial charge in [0.15, 0.2) is 0 Å². The molecule has 1 aromatic carbocycles. The molecule has 0 saturated carbocycles. The summed E-state index contributed by atoms with van der Waals surface area (Å²) in [6.07, 6.45) is -8.67. The number of ether oxygens (including phenoxy) is 1. The zero-order valence-electron chi connectivity index (χ0n) is 14.0. The molecule has 27 heavy (non-hydrogen) atoms. The highest BCUT2D eigenvalue weighted by Gasteiger charge is 2.45. The number of esters is 1. The average molecular weight is 403 g/mol. The van der Waals surface area contributed by atoms with Gasteiger partial charge >= 0.3 is 12.1 Å². The molecule has 2 N–H and O–H groups in total. The van der Waals surface area contributed by atoms with Crippen LogP contribution in [0.1, 0.15) is 28.4 Å². The third kappa shape index (κ3) is 6.90. The lowest BCUT2D eigenvalue weighted by atomic mass is 9.87. The minimum Gasteiger partial charge on any atom is -0.448 e. The second kappa shape index (κ2) is 8.79. The van der Waals surface area contributed by atoms with Crippen LogP contribution in [-0.4, -0.2) is 58.6 Å². The molecule has 0 fully saturated rings. The predicted molar refractivity (Wildman–Crippen MR) is 91.3 cm³/mol. The molecule has 0 spiro atoms. The molecule has 1 aromatic rings. The van der Waals surface area contributed by atoms with Crippen molar-refractivity contribution in [3.8, 4) is 0 Å². The van der Waals surface area contributed by atoms with Crippen molar-refractivity contribution in [2.75, 3.05) is 11.1 Å². The van der Waals surface area contributed by atoms with Crippen LogP contribution in [0.3, 0.4) is 0 Å². The van der Waals surface area contributed by atoms with Gasteiger partial charge in [-0.2, -0.15) is 21.6 Å². The van der Waals surface area contributed by atoms with Gasteiger partial charge in [-0.3, -0.25) is 9.35 Å². The fourth-order valence-corrected chi connectivity index (χ4v) is 2.75. The average Bonchev–Trinajstić information content (AvgIpc) is 2.51. The second-order valence-electron chi connectivity index (χ2n) is 5.44. The molecule has 4 radical (unpaired) electrons. The maximum Gasteiger partial charge on any atom is 0.426 e. The van der Waals surface area contributed by atoms with Gasteiger partial charge in [0.1, 0.15) is 5.75 Å². The van der Waals surface area contributed by atoms with E-state index in [4.69, 9.17) is 20.2 Å². The number of nitrogens with one attached hydrogen (secondary N) is 1. The normalized spacial score (nSPS) is 13.1. The third-order valence-corrected chi connectivity index (χ3v) is 4.00. The number of hydrogen-bond donors (Lipinski definition) is 2. The van der Waals surface area contributed by atoms with Gasteiger partial charge in [-0.1, -0.05) is 18.7 Å². The Morgan fingerprint density at radius 1 is 1.22 bits per heavy atom. The van der Waals surface area contributed by atoms with E-state index in [1.54, 1.807) is 0 Å². The molecule has 144 valence electrons. The van der Waals surface area contributed by atoms with Crippen LogP contribution in [0.2, 0.25) is 0 Å². The summed E-state index contributed by atoms with van der Waals surface area (Å²) in [5.74, 6) is -3.92. The van der Waals surface area contributed by atoms with Crippen LogP contribution in [0.25, 0.3) is 0 Å². The number of hydrogen-bond acceptors (Lipinski definition) is 5. The smallest absolute Gasteiger partial charge is 0.426 e. The molecular weight excluding hydrogens is 389 g/mol. The van der Waals surface area contributed by atoms with Crippen LogP contribution in [0, 0.1) is 0 Å². The van der Waals surface area contributed by atoms with Gasteiger partial charge in [-0.25, -0.2) is 4.79 Å².